The van der Waals surface area contributed by atoms with E-state index in [0.717, 1.165) is 25.2 Å². The first-order valence-corrected chi connectivity index (χ1v) is 9.41. The van der Waals surface area contributed by atoms with Crippen molar-refractivity contribution in [2.75, 3.05) is 6.61 Å². The first-order valence-electron chi connectivity index (χ1n) is 9.41. The number of hydrogen-bond donors (Lipinski definition) is 1. The lowest BCUT2D eigenvalue weighted by molar-refractivity contribution is -0.164. The highest BCUT2D eigenvalue weighted by molar-refractivity contribution is 5.32. The van der Waals surface area contributed by atoms with Crippen LogP contribution in [0.25, 0.3) is 0 Å². The van der Waals surface area contributed by atoms with Crippen LogP contribution >= 0.6 is 0 Å². The molecule has 1 aromatic carbocycles. The van der Waals surface area contributed by atoms with Gasteiger partial charge in [0.25, 0.3) is 0 Å². The van der Waals surface area contributed by atoms with E-state index in [9.17, 15) is 5.11 Å². The molecule has 0 aromatic heterocycles. The van der Waals surface area contributed by atoms with Crippen molar-refractivity contribution in [3.05, 3.63) is 29.8 Å². The summed E-state index contributed by atoms with van der Waals surface area (Å²) in [5.41, 5.74) is 1.29. The summed E-state index contributed by atoms with van der Waals surface area (Å²) in [6.45, 7) is 9.33. The van der Waals surface area contributed by atoms with Crippen LogP contribution in [0.2, 0.25) is 0 Å². The van der Waals surface area contributed by atoms with E-state index >= 15 is 0 Å². The normalized spacial score (nSPS) is 39.9. The summed E-state index contributed by atoms with van der Waals surface area (Å²) in [6.07, 6.45) is 3.37. The first-order chi connectivity index (χ1) is 11.3. The van der Waals surface area contributed by atoms with Gasteiger partial charge < -0.3 is 14.6 Å². The minimum atomic E-state index is -0.213. The Bertz CT molecular complexity index is 623. The second kappa shape index (κ2) is 5.47. The van der Waals surface area contributed by atoms with Gasteiger partial charge >= 0.3 is 0 Å². The molecule has 0 amide bonds. The van der Waals surface area contributed by atoms with Crippen LogP contribution in [0.4, 0.5) is 0 Å². The molecule has 1 saturated heterocycles. The quantitative estimate of drug-likeness (QED) is 0.895. The third-order valence-corrected chi connectivity index (χ3v) is 6.99. The van der Waals surface area contributed by atoms with Crippen molar-refractivity contribution >= 4 is 0 Å². The highest BCUT2D eigenvalue weighted by Gasteiger charge is 2.67. The van der Waals surface area contributed by atoms with Crippen molar-refractivity contribution < 1.29 is 14.6 Å². The van der Waals surface area contributed by atoms with E-state index in [2.05, 4.69) is 32.0 Å². The van der Waals surface area contributed by atoms with Gasteiger partial charge in [-0.3, -0.25) is 0 Å². The minimum absolute atomic E-state index is 0.0427. The molecule has 3 aliphatic rings. The summed E-state index contributed by atoms with van der Waals surface area (Å²) < 4.78 is 12.1. The summed E-state index contributed by atoms with van der Waals surface area (Å²) in [7, 11) is 0. The fourth-order valence-electron chi connectivity index (χ4n) is 5.79. The molecule has 1 spiro atoms. The highest BCUT2D eigenvalue weighted by atomic mass is 16.5. The molecule has 24 heavy (non-hydrogen) atoms. The Labute approximate surface area is 145 Å². The summed E-state index contributed by atoms with van der Waals surface area (Å²) in [5.74, 6) is 1.94. The van der Waals surface area contributed by atoms with Crippen molar-refractivity contribution in [3.8, 4) is 5.75 Å². The number of aliphatic hydroxyl groups excluding tert-OH is 1. The molecule has 5 atom stereocenters. The maximum absolute atomic E-state index is 11.1. The zero-order chi connectivity index (χ0) is 17.1. The maximum atomic E-state index is 11.1. The third-order valence-electron chi connectivity index (χ3n) is 6.99. The fraction of sp³-hybridized carbons (Fsp3) is 0.714. The number of benzene rings is 1. The molecule has 1 heterocycles. The van der Waals surface area contributed by atoms with Crippen molar-refractivity contribution in [2.24, 2.45) is 22.7 Å². The molecule has 132 valence electrons. The molecule has 4 rings (SSSR count). The van der Waals surface area contributed by atoms with Gasteiger partial charge in [-0.25, -0.2) is 0 Å². The second-order valence-electron chi connectivity index (χ2n) is 8.98. The zero-order valence-corrected chi connectivity index (χ0v) is 15.3. The highest BCUT2D eigenvalue weighted by Crippen LogP contribution is 2.70. The second-order valence-corrected chi connectivity index (χ2v) is 8.98. The van der Waals surface area contributed by atoms with Crippen LogP contribution in [0.15, 0.2) is 24.3 Å². The first kappa shape index (κ1) is 16.4. The standard InChI is InChI=1S/C21H30O3/c1-13(2)24-16-7-5-6-14(10-16)18-17-11-15-12-21(17,8-9-23-18)19(22)20(15,3)4/h5-7,10,13,15,17-19,22H,8-9,11-12H2,1-4H3/t15-,17-,18-,19-,21-/m1/s1. The lowest BCUT2D eigenvalue weighted by Crippen LogP contribution is -2.51. The van der Waals surface area contributed by atoms with E-state index in [0.29, 0.717) is 11.8 Å². The fourth-order valence-corrected chi connectivity index (χ4v) is 5.79. The molecule has 1 aliphatic heterocycles. The van der Waals surface area contributed by atoms with E-state index in [-0.39, 0.29) is 29.1 Å². The summed E-state index contributed by atoms with van der Waals surface area (Å²) in [4.78, 5) is 0. The smallest absolute Gasteiger partial charge is 0.120 e. The van der Waals surface area contributed by atoms with Gasteiger partial charge in [-0.2, -0.15) is 0 Å². The number of rotatable bonds is 3. The number of ether oxygens (including phenoxy) is 2. The van der Waals surface area contributed by atoms with Gasteiger partial charge in [0.15, 0.2) is 0 Å². The van der Waals surface area contributed by atoms with Crippen molar-refractivity contribution in [1.29, 1.82) is 0 Å². The average Bonchev–Trinajstić information content (AvgIpc) is 3.01. The van der Waals surface area contributed by atoms with E-state index in [4.69, 9.17) is 9.47 Å². The third kappa shape index (κ3) is 2.24. The molecule has 0 radical (unpaired) electrons. The predicted molar refractivity (Wildman–Crippen MR) is 94.0 cm³/mol. The Hall–Kier alpha value is -1.06. The largest absolute Gasteiger partial charge is 0.491 e. The van der Waals surface area contributed by atoms with E-state index in [1.54, 1.807) is 0 Å². The van der Waals surface area contributed by atoms with Crippen LogP contribution in [0.1, 0.15) is 58.6 Å². The molecular weight excluding hydrogens is 300 g/mol. The molecule has 3 fully saturated rings. The van der Waals surface area contributed by atoms with E-state index < -0.39 is 0 Å². The number of hydrogen-bond acceptors (Lipinski definition) is 3. The summed E-state index contributed by atoms with van der Waals surface area (Å²) in [5, 5.41) is 11.1. The summed E-state index contributed by atoms with van der Waals surface area (Å²) >= 11 is 0. The molecular formula is C21H30O3. The minimum Gasteiger partial charge on any atom is -0.491 e. The molecule has 1 aromatic rings. The van der Waals surface area contributed by atoms with Gasteiger partial charge in [-0.15, -0.1) is 0 Å². The van der Waals surface area contributed by atoms with Crippen LogP contribution in [-0.4, -0.2) is 23.9 Å². The molecule has 3 nitrogen and oxygen atoms in total. The van der Waals surface area contributed by atoms with Crippen LogP contribution in [0.5, 0.6) is 5.75 Å². The topological polar surface area (TPSA) is 38.7 Å². The maximum Gasteiger partial charge on any atom is 0.120 e. The Balaban J connectivity index is 1.65. The van der Waals surface area contributed by atoms with Crippen molar-refractivity contribution in [2.45, 2.75) is 65.3 Å². The van der Waals surface area contributed by atoms with Crippen LogP contribution in [0, 0.1) is 22.7 Å². The van der Waals surface area contributed by atoms with Crippen molar-refractivity contribution in [1.82, 2.24) is 0 Å². The van der Waals surface area contributed by atoms with Crippen LogP contribution < -0.4 is 4.74 Å². The van der Waals surface area contributed by atoms with Crippen LogP contribution in [0.3, 0.4) is 0 Å². The average molecular weight is 330 g/mol. The van der Waals surface area contributed by atoms with Crippen molar-refractivity contribution in [3.63, 3.8) is 0 Å². The Morgan fingerprint density at radius 1 is 1.29 bits per heavy atom. The van der Waals surface area contributed by atoms with Gasteiger partial charge in [-0.05, 0) is 68.1 Å². The SMILES string of the molecule is CC(C)Oc1cccc([C@H]2OCC[C@@]34C[C@@H](C[C@H]23)C(C)(C)[C@H]4O)c1. The van der Waals surface area contributed by atoms with E-state index in [1.165, 1.54) is 12.0 Å². The van der Waals surface area contributed by atoms with Gasteiger partial charge in [0.2, 0.25) is 0 Å². The lowest BCUT2D eigenvalue weighted by atomic mass is 9.60. The molecule has 2 bridgehead atoms. The van der Waals surface area contributed by atoms with Gasteiger partial charge in [0.1, 0.15) is 5.75 Å². The summed E-state index contributed by atoms with van der Waals surface area (Å²) in [6, 6.07) is 8.36. The Morgan fingerprint density at radius 2 is 2.08 bits per heavy atom. The van der Waals surface area contributed by atoms with Gasteiger partial charge in [-0.1, -0.05) is 26.0 Å². The Kier molecular flexibility index (Phi) is 3.74. The zero-order valence-electron chi connectivity index (χ0n) is 15.3. The molecule has 2 aliphatic carbocycles. The van der Waals surface area contributed by atoms with Gasteiger partial charge in [0.05, 0.1) is 18.3 Å². The Morgan fingerprint density at radius 3 is 2.79 bits per heavy atom. The van der Waals surface area contributed by atoms with E-state index in [1.807, 2.05) is 19.9 Å². The predicted octanol–water partition coefficient (Wildman–Crippen LogP) is 4.35. The number of aliphatic hydroxyl groups is 1. The number of fused-ring (bicyclic) bond motifs is 1. The van der Waals surface area contributed by atoms with Gasteiger partial charge in [0, 0.05) is 12.0 Å². The molecule has 3 heteroatoms. The lowest BCUT2D eigenvalue weighted by Gasteiger charge is -2.51. The monoisotopic (exact) mass is 330 g/mol. The molecule has 0 unspecified atom stereocenters. The molecule has 1 N–H and O–H groups in total. The van der Waals surface area contributed by atoms with Crippen LogP contribution in [-0.2, 0) is 4.74 Å². The molecule has 2 saturated carbocycles.